The van der Waals surface area contributed by atoms with Crippen molar-refractivity contribution in [2.45, 2.75) is 0 Å². The Kier molecular flexibility index (Phi) is 4.68. The summed E-state index contributed by atoms with van der Waals surface area (Å²) in [5, 5.41) is 13.6. The molecule has 4 heteroatoms. The molecule has 0 spiro atoms. The number of nitrogens with zero attached hydrogens (tertiary/aromatic N) is 1. The van der Waals surface area contributed by atoms with Gasteiger partial charge in [0.25, 0.3) is 5.91 Å². The van der Waals surface area contributed by atoms with Crippen molar-refractivity contribution in [1.82, 2.24) is 5.43 Å². The van der Waals surface area contributed by atoms with Crippen molar-refractivity contribution < 1.29 is 9.90 Å². The smallest absolute Gasteiger partial charge is 0.275 e. The van der Waals surface area contributed by atoms with Gasteiger partial charge in [0.1, 0.15) is 5.75 Å². The molecule has 0 atom stereocenters. The zero-order chi connectivity index (χ0) is 16.8. The first-order chi connectivity index (χ1) is 11.7. The van der Waals surface area contributed by atoms with Crippen LogP contribution in [0.5, 0.6) is 5.75 Å². The van der Waals surface area contributed by atoms with Gasteiger partial charge in [0, 0.05) is 0 Å². The van der Waals surface area contributed by atoms with Crippen LogP contribution in [0.25, 0.3) is 11.1 Å². The first-order valence-electron chi connectivity index (χ1n) is 7.51. The largest absolute Gasteiger partial charge is 0.507 e. The molecule has 3 aromatic carbocycles. The fraction of sp³-hybridized carbons (Fsp3) is 0. The molecular weight excluding hydrogens is 300 g/mol. The van der Waals surface area contributed by atoms with E-state index in [-0.39, 0.29) is 11.3 Å². The van der Waals surface area contributed by atoms with Crippen molar-refractivity contribution in [1.29, 1.82) is 0 Å². The number of benzene rings is 3. The quantitative estimate of drug-likeness (QED) is 0.568. The monoisotopic (exact) mass is 316 g/mol. The number of hydrogen-bond donors (Lipinski definition) is 2. The van der Waals surface area contributed by atoms with E-state index in [1.165, 1.54) is 12.1 Å². The highest BCUT2D eigenvalue weighted by molar-refractivity contribution is 5.97. The van der Waals surface area contributed by atoms with Gasteiger partial charge in [0.05, 0.1) is 11.8 Å². The number of nitrogens with one attached hydrogen (secondary N) is 1. The molecule has 0 aromatic heterocycles. The van der Waals surface area contributed by atoms with Crippen molar-refractivity contribution in [3.05, 3.63) is 90.0 Å². The van der Waals surface area contributed by atoms with E-state index >= 15 is 0 Å². The van der Waals surface area contributed by atoms with Crippen LogP contribution in [0, 0.1) is 0 Å². The molecule has 24 heavy (non-hydrogen) atoms. The van der Waals surface area contributed by atoms with Crippen molar-refractivity contribution in [3.8, 4) is 16.9 Å². The molecule has 3 rings (SSSR count). The number of hydrazone groups is 1. The standard InChI is InChI=1S/C20H16N2O2/c23-19-12-5-4-11-18(19)20(24)22-21-14-15-7-6-10-17(13-15)16-8-2-1-3-9-16/h1-14,23H,(H,22,24)/b21-14+. The van der Waals surface area contributed by atoms with Crippen LogP contribution in [-0.4, -0.2) is 17.2 Å². The first-order valence-corrected chi connectivity index (χ1v) is 7.51. The number of phenols is 1. The van der Waals surface area contributed by atoms with E-state index in [4.69, 9.17) is 0 Å². The third kappa shape index (κ3) is 3.67. The average Bonchev–Trinajstić information content (AvgIpc) is 2.63. The summed E-state index contributed by atoms with van der Waals surface area (Å²) in [5.74, 6) is -0.528. The highest BCUT2D eigenvalue weighted by Gasteiger charge is 2.08. The van der Waals surface area contributed by atoms with Gasteiger partial charge in [0.2, 0.25) is 0 Å². The lowest BCUT2D eigenvalue weighted by molar-refractivity contribution is 0.0952. The zero-order valence-electron chi connectivity index (χ0n) is 12.9. The molecule has 4 nitrogen and oxygen atoms in total. The van der Waals surface area contributed by atoms with Crippen LogP contribution < -0.4 is 5.43 Å². The van der Waals surface area contributed by atoms with Crippen LogP contribution in [0.15, 0.2) is 84.0 Å². The van der Waals surface area contributed by atoms with Crippen molar-refractivity contribution in [2.75, 3.05) is 0 Å². The number of aromatic hydroxyl groups is 1. The molecule has 2 N–H and O–H groups in total. The van der Waals surface area contributed by atoms with Crippen molar-refractivity contribution in [3.63, 3.8) is 0 Å². The van der Waals surface area contributed by atoms with Crippen molar-refractivity contribution >= 4 is 12.1 Å². The van der Waals surface area contributed by atoms with Crippen LogP contribution >= 0.6 is 0 Å². The fourth-order valence-corrected chi connectivity index (χ4v) is 2.32. The van der Waals surface area contributed by atoms with Gasteiger partial charge in [-0.25, -0.2) is 5.43 Å². The molecule has 0 fully saturated rings. The molecule has 0 bridgehead atoms. The second kappa shape index (κ2) is 7.24. The zero-order valence-corrected chi connectivity index (χ0v) is 12.9. The Labute approximate surface area is 140 Å². The number of carbonyl (C=O) groups excluding carboxylic acids is 1. The molecule has 0 heterocycles. The summed E-state index contributed by atoms with van der Waals surface area (Å²) >= 11 is 0. The highest BCUT2D eigenvalue weighted by atomic mass is 16.3. The minimum atomic E-state index is -0.455. The number of phenolic OH excluding ortho intramolecular Hbond substituents is 1. The van der Waals surface area contributed by atoms with E-state index in [1.807, 2.05) is 54.6 Å². The van der Waals surface area contributed by atoms with Crippen LogP contribution in [0.1, 0.15) is 15.9 Å². The predicted octanol–water partition coefficient (Wildman–Crippen LogP) is 3.82. The summed E-state index contributed by atoms with van der Waals surface area (Å²) in [5.41, 5.74) is 5.67. The Morgan fingerprint density at radius 3 is 2.38 bits per heavy atom. The first kappa shape index (κ1) is 15.5. The Morgan fingerprint density at radius 1 is 0.875 bits per heavy atom. The van der Waals surface area contributed by atoms with E-state index in [9.17, 15) is 9.90 Å². The van der Waals surface area contributed by atoms with E-state index in [0.29, 0.717) is 0 Å². The Balaban J connectivity index is 1.71. The number of hydrogen-bond acceptors (Lipinski definition) is 3. The molecule has 118 valence electrons. The lowest BCUT2D eigenvalue weighted by atomic mass is 10.0. The molecule has 0 radical (unpaired) electrons. The van der Waals surface area contributed by atoms with Gasteiger partial charge in [-0.2, -0.15) is 5.10 Å². The number of carbonyl (C=O) groups is 1. The van der Waals surface area contributed by atoms with E-state index in [1.54, 1.807) is 18.3 Å². The maximum absolute atomic E-state index is 12.0. The number of rotatable bonds is 4. The minimum absolute atomic E-state index is 0.0729. The van der Waals surface area contributed by atoms with Gasteiger partial charge in [-0.1, -0.05) is 60.7 Å². The van der Waals surface area contributed by atoms with Gasteiger partial charge in [-0.05, 0) is 34.9 Å². The summed E-state index contributed by atoms with van der Waals surface area (Å²) in [6.07, 6.45) is 1.57. The summed E-state index contributed by atoms with van der Waals surface area (Å²) < 4.78 is 0. The van der Waals surface area contributed by atoms with E-state index in [0.717, 1.165) is 16.7 Å². The summed E-state index contributed by atoms with van der Waals surface area (Å²) in [4.78, 5) is 12.0. The van der Waals surface area contributed by atoms with Crippen LogP contribution in [0.4, 0.5) is 0 Å². The second-order valence-electron chi connectivity index (χ2n) is 5.21. The molecule has 0 aliphatic carbocycles. The predicted molar refractivity (Wildman–Crippen MR) is 95.0 cm³/mol. The molecule has 0 aliphatic rings. The fourth-order valence-electron chi connectivity index (χ4n) is 2.32. The normalized spacial score (nSPS) is 10.7. The van der Waals surface area contributed by atoms with Crippen LogP contribution in [-0.2, 0) is 0 Å². The average molecular weight is 316 g/mol. The van der Waals surface area contributed by atoms with E-state index < -0.39 is 5.91 Å². The summed E-state index contributed by atoms with van der Waals surface area (Å²) in [7, 11) is 0. The minimum Gasteiger partial charge on any atom is -0.507 e. The molecule has 0 unspecified atom stereocenters. The molecule has 1 amide bonds. The molecule has 3 aromatic rings. The topological polar surface area (TPSA) is 61.7 Å². The van der Waals surface area contributed by atoms with Gasteiger partial charge < -0.3 is 5.11 Å². The number of para-hydroxylation sites is 1. The Morgan fingerprint density at radius 2 is 1.58 bits per heavy atom. The maximum Gasteiger partial charge on any atom is 0.275 e. The summed E-state index contributed by atoms with van der Waals surface area (Å²) in [6, 6.07) is 24.2. The van der Waals surface area contributed by atoms with Gasteiger partial charge in [-0.15, -0.1) is 0 Å². The Hall–Kier alpha value is -3.40. The van der Waals surface area contributed by atoms with Gasteiger partial charge in [0.15, 0.2) is 0 Å². The second-order valence-corrected chi connectivity index (χ2v) is 5.21. The molecule has 0 saturated carbocycles. The van der Waals surface area contributed by atoms with Gasteiger partial charge >= 0.3 is 0 Å². The molecular formula is C20H16N2O2. The molecule has 0 saturated heterocycles. The van der Waals surface area contributed by atoms with E-state index in [2.05, 4.69) is 10.5 Å². The molecule has 0 aliphatic heterocycles. The third-order valence-corrected chi connectivity index (χ3v) is 3.52. The Bertz CT molecular complexity index is 874. The van der Waals surface area contributed by atoms with Crippen molar-refractivity contribution in [2.24, 2.45) is 5.10 Å². The van der Waals surface area contributed by atoms with Crippen LogP contribution in [0.2, 0.25) is 0 Å². The number of amides is 1. The maximum atomic E-state index is 12.0. The third-order valence-electron chi connectivity index (χ3n) is 3.52. The van der Waals surface area contributed by atoms with Crippen LogP contribution in [0.3, 0.4) is 0 Å². The van der Waals surface area contributed by atoms with Gasteiger partial charge in [-0.3, -0.25) is 4.79 Å². The lowest BCUT2D eigenvalue weighted by Gasteiger charge is -2.03. The summed E-state index contributed by atoms with van der Waals surface area (Å²) in [6.45, 7) is 0. The highest BCUT2D eigenvalue weighted by Crippen LogP contribution is 2.19. The SMILES string of the molecule is O=C(N/N=C/c1cccc(-c2ccccc2)c1)c1ccccc1O. The lowest BCUT2D eigenvalue weighted by Crippen LogP contribution is -2.17.